The van der Waals surface area contributed by atoms with Crippen molar-refractivity contribution >= 4 is 41.0 Å². The zero-order valence-electron chi connectivity index (χ0n) is 19.6. The van der Waals surface area contributed by atoms with E-state index in [2.05, 4.69) is 22.7 Å². The van der Waals surface area contributed by atoms with Crippen LogP contribution in [0, 0.1) is 0 Å². The summed E-state index contributed by atoms with van der Waals surface area (Å²) in [7, 11) is 0. The zero-order valence-corrected chi connectivity index (χ0v) is 21.1. The number of hydrogen-bond acceptors (Lipinski definition) is 3. The molecule has 0 atom stereocenters. The Bertz CT molecular complexity index is 950. The fourth-order valence-electron chi connectivity index (χ4n) is 2.95. The predicted molar refractivity (Wildman–Crippen MR) is 131 cm³/mol. The number of benzene rings is 1. The van der Waals surface area contributed by atoms with Crippen LogP contribution in [0.25, 0.3) is 5.69 Å². The molecule has 3 amide bonds. The quantitative estimate of drug-likeness (QED) is 0.479. The summed E-state index contributed by atoms with van der Waals surface area (Å²) < 4.78 is 1.63. The van der Waals surface area contributed by atoms with Crippen molar-refractivity contribution in [3.05, 3.63) is 40.0 Å². The molecule has 0 saturated heterocycles. The lowest BCUT2D eigenvalue weighted by Crippen LogP contribution is -2.47. The summed E-state index contributed by atoms with van der Waals surface area (Å²) in [6.45, 7) is 12.5. The van der Waals surface area contributed by atoms with Crippen molar-refractivity contribution in [2.45, 2.75) is 65.8 Å². The minimum absolute atomic E-state index is 0.0764. The van der Waals surface area contributed by atoms with Gasteiger partial charge in [0.05, 0.1) is 21.4 Å². The number of urea groups is 1. The molecule has 1 heterocycles. The van der Waals surface area contributed by atoms with E-state index in [0.29, 0.717) is 28.1 Å². The van der Waals surface area contributed by atoms with Gasteiger partial charge in [-0.25, -0.2) is 9.48 Å². The molecule has 0 unspecified atom stereocenters. The molecular formula is C23H33Cl2N5O2. The monoisotopic (exact) mass is 481 g/mol. The van der Waals surface area contributed by atoms with Gasteiger partial charge in [-0.1, -0.05) is 57.3 Å². The summed E-state index contributed by atoms with van der Waals surface area (Å²) in [5.74, 6) is 0.180. The van der Waals surface area contributed by atoms with E-state index in [0.717, 1.165) is 18.5 Å². The first-order valence-corrected chi connectivity index (χ1v) is 11.6. The summed E-state index contributed by atoms with van der Waals surface area (Å²) >= 11 is 12.3. The molecule has 1 aromatic carbocycles. The Hall–Kier alpha value is -2.25. The fourth-order valence-corrected chi connectivity index (χ4v) is 3.24. The number of unbranched alkanes of at least 4 members (excludes halogenated alkanes) is 1. The molecule has 0 aliphatic rings. The number of rotatable bonds is 8. The minimum Gasteiger partial charge on any atom is -0.338 e. The Morgan fingerprint density at radius 3 is 2.41 bits per heavy atom. The molecule has 0 spiro atoms. The molecule has 0 aliphatic heterocycles. The van der Waals surface area contributed by atoms with E-state index < -0.39 is 0 Å². The largest absolute Gasteiger partial charge is 0.338 e. The van der Waals surface area contributed by atoms with Gasteiger partial charge >= 0.3 is 6.03 Å². The molecule has 2 N–H and O–H groups in total. The lowest BCUT2D eigenvalue weighted by molar-refractivity contribution is -0.117. The number of nitrogens with one attached hydrogen (secondary N) is 2. The Kier molecular flexibility index (Phi) is 8.98. The molecule has 2 rings (SSSR count). The van der Waals surface area contributed by atoms with Crippen LogP contribution in [0.15, 0.2) is 24.3 Å². The maximum absolute atomic E-state index is 12.9. The van der Waals surface area contributed by atoms with Crippen LogP contribution in [0.1, 0.15) is 60.1 Å². The maximum atomic E-state index is 12.9. The smallest absolute Gasteiger partial charge is 0.318 e. The third-order valence-corrected chi connectivity index (χ3v) is 5.64. The van der Waals surface area contributed by atoms with E-state index >= 15 is 0 Å². The van der Waals surface area contributed by atoms with Crippen molar-refractivity contribution in [1.82, 2.24) is 20.0 Å². The van der Waals surface area contributed by atoms with Gasteiger partial charge in [0.15, 0.2) is 0 Å². The highest BCUT2D eigenvalue weighted by molar-refractivity contribution is 6.42. The van der Waals surface area contributed by atoms with Crippen LogP contribution in [0.5, 0.6) is 0 Å². The summed E-state index contributed by atoms with van der Waals surface area (Å²) in [4.78, 5) is 26.9. The highest BCUT2D eigenvalue weighted by Crippen LogP contribution is 2.29. The third-order valence-electron chi connectivity index (χ3n) is 4.90. The van der Waals surface area contributed by atoms with Gasteiger partial charge in [-0.2, -0.15) is 5.10 Å². The topological polar surface area (TPSA) is 79.3 Å². The van der Waals surface area contributed by atoms with Gasteiger partial charge in [-0.05, 0) is 38.5 Å². The summed E-state index contributed by atoms with van der Waals surface area (Å²) in [5, 5.41) is 11.3. The van der Waals surface area contributed by atoms with Crippen molar-refractivity contribution in [3.63, 3.8) is 0 Å². The van der Waals surface area contributed by atoms with E-state index in [-0.39, 0.29) is 29.9 Å². The van der Waals surface area contributed by atoms with Crippen molar-refractivity contribution in [2.75, 3.05) is 18.4 Å². The molecule has 9 heteroatoms. The third kappa shape index (κ3) is 6.87. The van der Waals surface area contributed by atoms with Gasteiger partial charge in [-0.15, -0.1) is 0 Å². The first-order valence-electron chi connectivity index (χ1n) is 10.8. The maximum Gasteiger partial charge on any atom is 0.318 e. The molecule has 0 aliphatic carbocycles. The highest BCUT2D eigenvalue weighted by atomic mass is 35.5. The van der Waals surface area contributed by atoms with Gasteiger partial charge in [0.2, 0.25) is 5.91 Å². The Balaban J connectivity index is 2.27. The zero-order chi connectivity index (χ0) is 24.1. The van der Waals surface area contributed by atoms with Crippen molar-refractivity contribution in [3.8, 4) is 5.69 Å². The molecule has 0 radical (unpaired) electrons. The van der Waals surface area contributed by atoms with Crippen molar-refractivity contribution in [1.29, 1.82) is 0 Å². The van der Waals surface area contributed by atoms with Crippen molar-refractivity contribution in [2.24, 2.45) is 0 Å². The SMILES string of the molecule is CCCCNC(=O)N(CC(=O)Nc1cc(C(C)(C)C)nn1-c1ccc(Cl)c(Cl)c1)C(C)C. The summed E-state index contributed by atoms with van der Waals surface area (Å²) in [6, 6.07) is 6.61. The minimum atomic E-state index is -0.314. The first kappa shape index (κ1) is 26.0. The van der Waals surface area contributed by atoms with Crippen LogP contribution >= 0.6 is 23.2 Å². The number of hydrogen-bond donors (Lipinski definition) is 2. The van der Waals surface area contributed by atoms with Crippen LogP contribution in [0.3, 0.4) is 0 Å². The van der Waals surface area contributed by atoms with Crippen LogP contribution in [0.2, 0.25) is 10.0 Å². The number of amides is 3. The molecule has 2 aromatic rings. The molecule has 0 bridgehead atoms. The number of nitrogens with zero attached hydrogens (tertiary/aromatic N) is 3. The fraction of sp³-hybridized carbons (Fsp3) is 0.522. The van der Waals surface area contributed by atoms with E-state index in [1.807, 2.05) is 40.7 Å². The lowest BCUT2D eigenvalue weighted by atomic mass is 9.92. The van der Waals surface area contributed by atoms with Gasteiger partial charge in [0.25, 0.3) is 0 Å². The molecule has 0 saturated carbocycles. The van der Waals surface area contributed by atoms with Gasteiger partial charge < -0.3 is 15.5 Å². The molecular weight excluding hydrogens is 449 g/mol. The molecule has 7 nitrogen and oxygen atoms in total. The normalized spacial score (nSPS) is 11.5. The number of anilines is 1. The summed E-state index contributed by atoms with van der Waals surface area (Å²) in [6.07, 6.45) is 1.87. The Morgan fingerprint density at radius 1 is 1.16 bits per heavy atom. The van der Waals surface area contributed by atoms with Crippen molar-refractivity contribution < 1.29 is 9.59 Å². The summed E-state index contributed by atoms with van der Waals surface area (Å²) in [5.41, 5.74) is 1.24. The Labute approximate surface area is 200 Å². The predicted octanol–water partition coefficient (Wildman–Crippen LogP) is 5.64. The second-order valence-corrected chi connectivity index (χ2v) is 9.84. The number of carbonyl (C=O) groups is 2. The highest BCUT2D eigenvalue weighted by Gasteiger charge is 2.24. The first-order chi connectivity index (χ1) is 14.9. The van der Waals surface area contributed by atoms with E-state index in [1.54, 1.807) is 22.9 Å². The standard InChI is InChI=1S/C23H33Cl2N5O2/c1-7-8-11-26-22(32)29(15(2)3)14-21(31)27-20-13-19(23(4,5)6)28-30(20)16-9-10-17(24)18(25)12-16/h9-10,12-13,15H,7-8,11,14H2,1-6H3,(H,26,32)(H,27,31). The Morgan fingerprint density at radius 2 is 1.84 bits per heavy atom. The molecule has 0 fully saturated rings. The van der Waals surface area contributed by atoms with E-state index in [1.165, 1.54) is 4.90 Å². The van der Waals surface area contributed by atoms with Gasteiger partial charge in [0.1, 0.15) is 12.4 Å². The number of halogens is 2. The average molecular weight is 482 g/mol. The number of carbonyl (C=O) groups excluding carboxylic acids is 2. The number of aromatic nitrogens is 2. The van der Waals surface area contributed by atoms with Crippen LogP contribution in [-0.2, 0) is 10.2 Å². The van der Waals surface area contributed by atoms with Gasteiger partial charge in [-0.3, -0.25) is 4.79 Å². The molecule has 1 aromatic heterocycles. The van der Waals surface area contributed by atoms with Gasteiger partial charge in [0, 0.05) is 24.1 Å². The molecule has 176 valence electrons. The lowest BCUT2D eigenvalue weighted by Gasteiger charge is -2.26. The van der Waals surface area contributed by atoms with Crippen LogP contribution in [-0.4, -0.2) is 45.8 Å². The second-order valence-electron chi connectivity index (χ2n) is 9.03. The van der Waals surface area contributed by atoms with Crippen LogP contribution < -0.4 is 10.6 Å². The van der Waals surface area contributed by atoms with E-state index in [9.17, 15) is 9.59 Å². The van der Waals surface area contributed by atoms with E-state index in [4.69, 9.17) is 23.2 Å². The van der Waals surface area contributed by atoms with Crippen LogP contribution in [0.4, 0.5) is 10.6 Å². The molecule has 32 heavy (non-hydrogen) atoms. The second kappa shape index (κ2) is 11.1. The average Bonchev–Trinajstić information content (AvgIpc) is 3.12.